The van der Waals surface area contributed by atoms with Crippen LogP contribution in [0.3, 0.4) is 0 Å². The predicted molar refractivity (Wildman–Crippen MR) is 129 cm³/mol. The number of sulfonamides is 1. The molecule has 34 heavy (non-hydrogen) atoms. The Morgan fingerprint density at radius 2 is 1.97 bits per heavy atom. The van der Waals surface area contributed by atoms with Crippen molar-refractivity contribution in [2.24, 2.45) is 0 Å². The molecule has 2 aromatic carbocycles. The molecule has 1 atom stereocenters. The monoisotopic (exact) mass is 550 g/mol. The van der Waals surface area contributed by atoms with Gasteiger partial charge in [0.2, 0.25) is 10.0 Å². The van der Waals surface area contributed by atoms with Gasteiger partial charge in [0.15, 0.2) is 0 Å². The number of esters is 1. The molecule has 0 fully saturated rings. The zero-order valence-corrected chi connectivity index (χ0v) is 21.7. The second-order valence-corrected chi connectivity index (χ2v) is 12.4. The molecule has 2 N–H and O–H groups in total. The lowest BCUT2D eigenvalue weighted by molar-refractivity contribution is -0.143. The third-order valence-corrected chi connectivity index (χ3v) is 8.59. The van der Waals surface area contributed by atoms with Crippen molar-refractivity contribution in [1.29, 1.82) is 0 Å². The number of nitrogens with zero attached hydrogens (tertiary/aromatic N) is 2. The largest absolute Gasteiger partial charge is 0.465 e. The summed E-state index contributed by atoms with van der Waals surface area (Å²) in [5, 5.41) is 0.981. The fourth-order valence-corrected chi connectivity index (χ4v) is 7.19. The average molecular weight is 551 g/mol. The highest BCUT2D eigenvalue weighted by Crippen LogP contribution is 2.40. The number of rotatable bonds is 8. The lowest BCUT2D eigenvalue weighted by Gasteiger charge is -2.33. The van der Waals surface area contributed by atoms with Crippen LogP contribution in [0.2, 0.25) is 10.0 Å². The van der Waals surface area contributed by atoms with E-state index in [1.807, 2.05) is 13.1 Å². The van der Waals surface area contributed by atoms with E-state index >= 15 is 0 Å². The summed E-state index contributed by atoms with van der Waals surface area (Å²) in [5.41, 5.74) is 2.42. The van der Waals surface area contributed by atoms with Gasteiger partial charge >= 0.3 is 13.6 Å². The molecule has 0 aromatic heterocycles. The van der Waals surface area contributed by atoms with Crippen LogP contribution in [0.1, 0.15) is 29.5 Å². The Bertz CT molecular complexity index is 1240. The van der Waals surface area contributed by atoms with E-state index in [4.69, 9.17) is 27.9 Å². The third-order valence-electron chi connectivity index (χ3n) is 5.34. The molecule has 0 radical (unpaired) electrons. The standard InChI is InChI=1S/C21H25Cl2N2O7PS/c1-3-32-21(26)12-25(13-33(27,28)29)34(30,31)16-6-4-5-14(7-16)18-10-24(2)11-19-17(18)8-15(22)9-20(19)23/h4-9,18H,3,10-13H2,1-2H3,(H2,27,28,29). The Labute approximate surface area is 208 Å². The number of carbonyl (C=O) groups is 1. The fraction of sp³-hybridized carbons (Fsp3) is 0.381. The number of likely N-dealkylation sites (N-methyl/N-ethyl adjacent to an activating group) is 1. The summed E-state index contributed by atoms with van der Waals surface area (Å²) in [6, 6.07) is 9.53. The van der Waals surface area contributed by atoms with Crippen molar-refractivity contribution >= 4 is 46.8 Å². The van der Waals surface area contributed by atoms with E-state index in [1.165, 1.54) is 12.1 Å². The molecule has 1 aliphatic heterocycles. The van der Waals surface area contributed by atoms with Gasteiger partial charge in [0, 0.05) is 29.1 Å². The van der Waals surface area contributed by atoms with E-state index < -0.39 is 36.4 Å². The topological polar surface area (TPSA) is 124 Å². The summed E-state index contributed by atoms with van der Waals surface area (Å²) in [7, 11) is -7.33. The molecule has 0 bridgehead atoms. The first-order valence-electron chi connectivity index (χ1n) is 10.3. The molecule has 1 aliphatic rings. The van der Waals surface area contributed by atoms with Crippen LogP contribution < -0.4 is 0 Å². The minimum absolute atomic E-state index is 0.00214. The molecule has 1 heterocycles. The van der Waals surface area contributed by atoms with Crippen molar-refractivity contribution in [1.82, 2.24) is 9.21 Å². The van der Waals surface area contributed by atoms with Gasteiger partial charge in [-0.1, -0.05) is 35.3 Å². The molecule has 13 heteroatoms. The molecular formula is C21H25Cl2N2O7PS. The molecule has 186 valence electrons. The summed E-state index contributed by atoms with van der Waals surface area (Å²) in [4.78, 5) is 32.6. The van der Waals surface area contributed by atoms with Crippen molar-refractivity contribution in [3.8, 4) is 0 Å². The summed E-state index contributed by atoms with van der Waals surface area (Å²) in [6.45, 7) is 1.89. The zero-order valence-electron chi connectivity index (χ0n) is 18.5. The van der Waals surface area contributed by atoms with E-state index in [-0.39, 0.29) is 17.4 Å². The van der Waals surface area contributed by atoms with E-state index in [9.17, 15) is 27.6 Å². The van der Waals surface area contributed by atoms with Crippen LogP contribution >= 0.6 is 30.8 Å². The summed E-state index contributed by atoms with van der Waals surface area (Å²) < 4.78 is 43.5. The van der Waals surface area contributed by atoms with Crippen molar-refractivity contribution < 1.29 is 32.3 Å². The zero-order chi connectivity index (χ0) is 25.3. The van der Waals surface area contributed by atoms with E-state index in [0.29, 0.717) is 33.0 Å². The number of benzene rings is 2. The Balaban J connectivity index is 2.04. The molecule has 0 aliphatic carbocycles. The Kier molecular flexibility index (Phi) is 8.48. The fourth-order valence-electron chi connectivity index (χ4n) is 3.94. The van der Waals surface area contributed by atoms with Crippen LogP contribution in [-0.2, 0) is 30.7 Å². The van der Waals surface area contributed by atoms with Gasteiger partial charge in [-0.2, -0.15) is 4.31 Å². The summed E-state index contributed by atoms with van der Waals surface area (Å²) in [6.07, 6.45) is -1.15. The van der Waals surface area contributed by atoms with Gasteiger partial charge in [-0.15, -0.1) is 0 Å². The van der Waals surface area contributed by atoms with Gasteiger partial charge in [0.25, 0.3) is 0 Å². The quantitative estimate of drug-likeness (QED) is 0.379. The summed E-state index contributed by atoms with van der Waals surface area (Å²) >= 11 is 12.6. The second kappa shape index (κ2) is 10.6. The maximum absolute atomic E-state index is 13.3. The van der Waals surface area contributed by atoms with Crippen molar-refractivity contribution in [3.63, 3.8) is 0 Å². The highest BCUT2D eigenvalue weighted by Gasteiger charge is 2.34. The maximum Gasteiger partial charge on any atom is 0.340 e. The molecule has 0 spiro atoms. The minimum Gasteiger partial charge on any atom is -0.465 e. The highest BCUT2D eigenvalue weighted by molar-refractivity contribution is 7.89. The van der Waals surface area contributed by atoms with Crippen molar-refractivity contribution in [3.05, 3.63) is 63.1 Å². The Morgan fingerprint density at radius 3 is 2.62 bits per heavy atom. The number of hydrogen-bond donors (Lipinski definition) is 2. The van der Waals surface area contributed by atoms with Gasteiger partial charge in [-0.25, -0.2) is 8.42 Å². The summed E-state index contributed by atoms with van der Waals surface area (Å²) in [5.74, 6) is -1.16. The van der Waals surface area contributed by atoms with Crippen LogP contribution in [-0.4, -0.2) is 66.4 Å². The average Bonchev–Trinajstić information content (AvgIpc) is 2.72. The number of fused-ring (bicyclic) bond motifs is 1. The Hall–Kier alpha value is -1.49. The lowest BCUT2D eigenvalue weighted by Crippen LogP contribution is -2.37. The molecule has 9 nitrogen and oxygen atoms in total. The Morgan fingerprint density at radius 1 is 1.26 bits per heavy atom. The van der Waals surface area contributed by atoms with E-state index in [1.54, 1.807) is 25.1 Å². The molecule has 0 saturated heterocycles. The van der Waals surface area contributed by atoms with E-state index in [2.05, 4.69) is 4.90 Å². The minimum atomic E-state index is -4.81. The van der Waals surface area contributed by atoms with Crippen LogP contribution in [0.5, 0.6) is 0 Å². The molecule has 0 amide bonds. The smallest absolute Gasteiger partial charge is 0.340 e. The number of halogens is 2. The molecular weight excluding hydrogens is 526 g/mol. The number of ether oxygens (including phenoxy) is 1. The third kappa shape index (κ3) is 6.38. The van der Waals surface area contributed by atoms with Crippen molar-refractivity contribution in [2.45, 2.75) is 24.3 Å². The van der Waals surface area contributed by atoms with Gasteiger partial charge in [-0.05, 0) is 54.9 Å². The van der Waals surface area contributed by atoms with Gasteiger partial charge < -0.3 is 19.4 Å². The van der Waals surface area contributed by atoms with Crippen molar-refractivity contribution in [2.75, 3.05) is 33.0 Å². The normalized spacial score (nSPS) is 17.0. The lowest BCUT2D eigenvalue weighted by atomic mass is 9.85. The molecule has 2 aromatic rings. The van der Waals surface area contributed by atoms with Crippen LogP contribution in [0.15, 0.2) is 41.3 Å². The molecule has 3 rings (SSSR count). The molecule has 1 unspecified atom stereocenters. The van der Waals surface area contributed by atoms with Crippen LogP contribution in [0, 0.1) is 0 Å². The number of carbonyl (C=O) groups excluding carboxylic acids is 1. The van der Waals surface area contributed by atoms with Gasteiger partial charge in [0.1, 0.15) is 12.8 Å². The number of hydrogen-bond acceptors (Lipinski definition) is 6. The maximum atomic E-state index is 13.3. The first kappa shape index (κ1) is 27.1. The SMILES string of the molecule is CCOC(=O)CN(CP(=O)(O)O)S(=O)(=O)c1cccc(C2CN(C)Cc3c(Cl)cc(Cl)cc32)c1. The van der Waals surface area contributed by atoms with Gasteiger partial charge in [-0.3, -0.25) is 9.36 Å². The van der Waals surface area contributed by atoms with Crippen LogP contribution in [0.4, 0.5) is 0 Å². The molecule has 0 saturated carbocycles. The second-order valence-electron chi connectivity index (χ2n) is 8.00. The first-order valence-corrected chi connectivity index (χ1v) is 14.3. The van der Waals surface area contributed by atoms with E-state index in [0.717, 1.165) is 11.1 Å². The predicted octanol–water partition coefficient (Wildman–Crippen LogP) is 3.26. The highest BCUT2D eigenvalue weighted by atomic mass is 35.5. The van der Waals surface area contributed by atoms with Gasteiger partial charge in [0.05, 0.1) is 11.5 Å². The first-order chi connectivity index (χ1) is 15.8. The van der Waals surface area contributed by atoms with Crippen LogP contribution in [0.25, 0.3) is 0 Å².